The fourth-order valence-corrected chi connectivity index (χ4v) is 2.43. The van der Waals surface area contributed by atoms with Crippen molar-refractivity contribution in [3.05, 3.63) is 36.4 Å². The Kier molecular flexibility index (Phi) is 4.61. The lowest BCUT2D eigenvalue weighted by Crippen LogP contribution is -2.42. The van der Waals surface area contributed by atoms with E-state index in [-0.39, 0.29) is 6.54 Å². The van der Waals surface area contributed by atoms with Crippen LogP contribution in [0.4, 0.5) is 0 Å². The van der Waals surface area contributed by atoms with Crippen LogP contribution in [0.1, 0.15) is 26.3 Å². The normalized spacial score (nSPS) is 18.9. The predicted molar refractivity (Wildman–Crippen MR) is 81.9 cm³/mol. The molecule has 114 valence electrons. The number of nitrogens with one attached hydrogen (secondary N) is 1. The third kappa shape index (κ3) is 3.78. The number of fused-ring (bicyclic) bond motifs is 1. The summed E-state index contributed by atoms with van der Waals surface area (Å²) in [5.41, 5.74) is 1.44. The Morgan fingerprint density at radius 2 is 2.14 bits per heavy atom. The Morgan fingerprint density at radius 1 is 1.48 bits per heavy atom. The second-order valence-corrected chi connectivity index (χ2v) is 7.71. The summed E-state index contributed by atoms with van der Waals surface area (Å²) in [5.74, 6) is 0.109. The molecule has 1 aromatic rings. The minimum Gasteiger partial charge on any atom is -0.598 e. The molecule has 0 saturated carbocycles. The molecule has 1 N–H and O–H groups in total. The van der Waals surface area contributed by atoms with Gasteiger partial charge in [-0.05, 0) is 26.8 Å². The summed E-state index contributed by atoms with van der Waals surface area (Å²) in [5, 5.41) is 0. The van der Waals surface area contributed by atoms with Gasteiger partial charge in [-0.15, -0.1) is 4.72 Å². The minimum atomic E-state index is -1.32. The second-order valence-electron chi connectivity index (χ2n) is 5.66. The number of carbonyl (C=O) groups excluding carboxylic acids is 1. The molecule has 5 nitrogen and oxygen atoms in total. The van der Waals surface area contributed by atoms with Crippen LogP contribution < -0.4 is 9.46 Å². The number of ether oxygens (including phenoxy) is 2. The first-order chi connectivity index (χ1) is 9.79. The largest absolute Gasteiger partial charge is 0.598 e. The molecule has 0 spiro atoms. The smallest absolute Gasteiger partial charge is 0.327 e. The first kappa shape index (κ1) is 15.9. The van der Waals surface area contributed by atoms with Gasteiger partial charge in [0.05, 0.1) is 0 Å². The van der Waals surface area contributed by atoms with Gasteiger partial charge in [-0.1, -0.05) is 24.8 Å². The number of benzene rings is 1. The van der Waals surface area contributed by atoms with Gasteiger partial charge in [-0.3, -0.25) is 4.79 Å². The van der Waals surface area contributed by atoms with Crippen LogP contribution in [0.5, 0.6) is 5.75 Å². The zero-order valence-electron chi connectivity index (χ0n) is 12.3. The zero-order chi connectivity index (χ0) is 15.6. The van der Waals surface area contributed by atoms with E-state index in [1.807, 2.05) is 39.0 Å². The highest BCUT2D eigenvalue weighted by molar-refractivity contribution is 7.90. The van der Waals surface area contributed by atoms with Crippen molar-refractivity contribution < 1.29 is 18.8 Å². The molecule has 0 aliphatic carbocycles. The lowest BCUT2D eigenvalue weighted by Gasteiger charge is -2.23. The van der Waals surface area contributed by atoms with Crippen LogP contribution in [0.3, 0.4) is 0 Å². The van der Waals surface area contributed by atoms with E-state index >= 15 is 0 Å². The van der Waals surface area contributed by atoms with E-state index in [4.69, 9.17) is 9.47 Å². The van der Waals surface area contributed by atoms with E-state index in [9.17, 15) is 9.35 Å². The fourth-order valence-electron chi connectivity index (χ4n) is 1.75. The van der Waals surface area contributed by atoms with Crippen molar-refractivity contribution in [2.45, 2.75) is 31.8 Å². The van der Waals surface area contributed by atoms with Crippen molar-refractivity contribution >= 4 is 22.9 Å². The molecule has 1 aliphatic heterocycles. The van der Waals surface area contributed by atoms with Gasteiger partial charge in [-0.25, -0.2) is 0 Å². The van der Waals surface area contributed by atoms with E-state index in [0.717, 1.165) is 5.56 Å². The maximum atomic E-state index is 11.8. The van der Waals surface area contributed by atoms with Crippen LogP contribution in [0, 0.1) is 0 Å². The Morgan fingerprint density at radius 3 is 2.76 bits per heavy atom. The van der Waals surface area contributed by atoms with Gasteiger partial charge in [0.15, 0.2) is 0 Å². The molecule has 0 radical (unpaired) electrons. The molecule has 1 heterocycles. The van der Waals surface area contributed by atoms with E-state index in [0.29, 0.717) is 11.3 Å². The van der Waals surface area contributed by atoms with Gasteiger partial charge >= 0.3 is 5.97 Å². The van der Waals surface area contributed by atoms with Gasteiger partial charge in [0, 0.05) is 22.5 Å². The van der Waals surface area contributed by atoms with Gasteiger partial charge in [-0.2, -0.15) is 0 Å². The molecule has 0 aromatic heterocycles. The molecule has 6 heteroatoms. The topological polar surface area (TPSA) is 70.6 Å². The maximum absolute atomic E-state index is 11.8. The first-order valence-corrected chi connectivity index (χ1v) is 7.74. The van der Waals surface area contributed by atoms with Gasteiger partial charge in [0.1, 0.15) is 17.0 Å². The number of hydrogen-bond acceptors (Lipinski definition) is 5. The molecular weight excluding hydrogens is 290 g/mol. The molecule has 21 heavy (non-hydrogen) atoms. The molecule has 0 amide bonds. The Bertz CT molecular complexity index is 553. The average molecular weight is 309 g/mol. The molecular formula is C15H19NO4S. The lowest BCUT2D eigenvalue weighted by molar-refractivity contribution is -0.154. The van der Waals surface area contributed by atoms with Crippen LogP contribution >= 0.6 is 0 Å². The summed E-state index contributed by atoms with van der Waals surface area (Å²) in [7, 11) is 0. The molecule has 0 fully saturated rings. The van der Waals surface area contributed by atoms with Gasteiger partial charge < -0.3 is 14.0 Å². The molecule has 1 aromatic carbocycles. The Labute approximate surface area is 127 Å². The van der Waals surface area contributed by atoms with E-state index in [2.05, 4.69) is 11.3 Å². The van der Waals surface area contributed by atoms with E-state index in [1.165, 1.54) is 0 Å². The molecule has 0 bridgehead atoms. The summed E-state index contributed by atoms with van der Waals surface area (Å²) < 4.78 is 24.7. The quantitative estimate of drug-likeness (QED) is 0.680. The average Bonchev–Trinajstić information content (AvgIpc) is 2.72. The van der Waals surface area contributed by atoms with Crippen molar-refractivity contribution in [1.82, 2.24) is 4.72 Å². The van der Waals surface area contributed by atoms with Crippen molar-refractivity contribution in [2.75, 3.05) is 6.54 Å². The van der Waals surface area contributed by atoms with E-state index in [1.54, 1.807) is 6.07 Å². The maximum Gasteiger partial charge on any atom is 0.327 e. The van der Waals surface area contributed by atoms with Crippen LogP contribution in [0.2, 0.25) is 0 Å². The summed E-state index contributed by atoms with van der Waals surface area (Å²) in [4.78, 5) is 11.8. The second kappa shape index (κ2) is 6.09. The highest BCUT2D eigenvalue weighted by Crippen LogP contribution is 2.36. The minimum absolute atomic E-state index is 0.145. The van der Waals surface area contributed by atoms with Crippen LogP contribution in [-0.2, 0) is 20.9 Å². The summed E-state index contributed by atoms with van der Waals surface area (Å²) in [6.45, 7) is 9.19. The van der Waals surface area contributed by atoms with E-state index < -0.39 is 28.4 Å². The van der Waals surface area contributed by atoms with Gasteiger partial charge in [0.2, 0.25) is 0 Å². The van der Waals surface area contributed by atoms with Gasteiger partial charge in [0.25, 0.3) is 6.29 Å². The SMILES string of the molecule is C=C1c2ccccc2OC1OC(=O)CN[S@+]([O-])C(C)(C)C. The van der Waals surface area contributed by atoms with Crippen molar-refractivity contribution in [3.63, 3.8) is 0 Å². The van der Waals surface area contributed by atoms with Crippen LogP contribution in [0.15, 0.2) is 30.8 Å². The lowest BCUT2D eigenvalue weighted by atomic mass is 10.1. The number of esters is 1. The standard InChI is InChI=1S/C15H19NO4S/c1-10-11-7-5-6-8-12(11)19-14(10)20-13(17)9-16-21(18)15(2,3)4/h5-8,14,16H,1,9H2,2-4H3/t14?,21-/m1/s1. The fraction of sp³-hybridized carbons (Fsp3) is 0.400. The molecule has 1 aliphatic rings. The number of carbonyl (C=O) groups is 1. The Balaban J connectivity index is 1.87. The number of hydrogen-bond donors (Lipinski definition) is 1. The number of para-hydroxylation sites is 1. The highest BCUT2D eigenvalue weighted by atomic mass is 32.2. The summed E-state index contributed by atoms with van der Waals surface area (Å²) in [6, 6.07) is 7.36. The first-order valence-electron chi connectivity index (χ1n) is 6.59. The highest BCUT2D eigenvalue weighted by Gasteiger charge is 2.31. The molecule has 1 unspecified atom stereocenters. The summed E-state index contributed by atoms with van der Waals surface area (Å²) >= 11 is -1.32. The third-order valence-corrected chi connectivity index (χ3v) is 4.41. The third-order valence-electron chi connectivity index (χ3n) is 2.89. The monoisotopic (exact) mass is 309 g/mol. The predicted octanol–water partition coefficient (Wildman–Crippen LogP) is 2.01. The zero-order valence-corrected chi connectivity index (χ0v) is 13.2. The molecule has 2 atom stereocenters. The summed E-state index contributed by atoms with van der Waals surface area (Å²) in [6.07, 6.45) is -0.820. The van der Waals surface area contributed by atoms with Crippen molar-refractivity contribution in [1.29, 1.82) is 0 Å². The van der Waals surface area contributed by atoms with Crippen molar-refractivity contribution in [3.8, 4) is 5.75 Å². The van der Waals surface area contributed by atoms with Crippen LogP contribution in [0.25, 0.3) is 5.57 Å². The van der Waals surface area contributed by atoms with Crippen LogP contribution in [-0.4, -0.2) is 28.1 Å². The Hall–Kier alpha value is -1.50. The van der Waals surface area contributed by atoms with Crippen molar-refractivity contribution in [2.24, 2.45) is 0 Å². The number of rotatable bonds is 4. The molecule has 0 saturated heterocycles. The molecule has 2 rings (SSSR count).